The van der Waals surface area contributed by atoms with Crippen LogP contribution in [0.1, 0.15) is 25.3 Å². The highest BCUT2D eigenvalue weighted by atomic mass is 35.5. The van der Waals surface area contributed by atoms with Gasteiger partial charge >= 0.3 is 6.03 Å². The average molecular weight is 471 g/mol. The number of amides is 2. The summed E-state index contributed by atoms with van der Waals surface area (Å²) in [6, 6.07) is 6.36. The molecule has 0 radical (unpaired) electrons. The Morgan fingerprint density at radius 2 is 1.82 bits per heavy atom. The van der Waals surface area contributed by atoms with Crippen molar-refractivity contribution in [1.82, 2.24) is 19.6 Å². The molecule has 0 spiro atoms. The number of fused-ring (bicyclic) bond motifs is 1. The summed E-state index contributed by atoms with van der Waals surface area (Å²) in [6.07, 6.45) is 5.69. The monoisotopic (exact) mass is 470 g/mol. The summed E-state index contributed by atoms with van der Waals surface area (Å²) < 4.78 is 1.34. The van der Waals surface area contributed by atoms with Gasteiger partial charge in [-0.15, -0.1) is 0 Å². The Hall–Kier alpha value is -2.58. The van der Waals surface area contributed by atoms with Crippen molar-refractivity contribution in [2.45, 2.75) is 26.3 Å². The first-order valence-corrected chi connectivity index (χ1v) is 12.1. The number of halogens is 1. The molecular weight excluding hydrogens is 440 g/mol. The number of aromatic nitrogens is 2. The molecule has 3 aliphatic rings. The molecule has 5 rings (SSSR count). The normalized spacial score (nSPS) is 22.8. The van der Waals surface area contributed by atoms with E-state index in [-0.39, 0.29) is 11.9 Å². The van der Waals surface area contributed by atoms with E-state index in [0.29, 0.717) is 17.5 Å². The molecule has 3 fully saturated rings. The van der Waals surface area contributed by atoms with Crippen LogP contribution in [0.15, 0.2) is 30.6 Å². The predicted octanol–water partition coefficient (Wildman–Crippen LogP) is 3.15. The number of hydrogen-bond acceptors (Lipinski definition) is 5. The van der Waals surface area contributed by atoms with Gasteiger partial charge in [-0.2, -0.15) is 9.78 Å². The SMILES string of the molecule is CC(=O)N(C)c1cnn(C(=O)N2CC3CN(Cc4ccc(N5CCCC5)cc4Cl)CC3C2)c1. The lowest BCUT2D eigenvalue weighted by Crippen LogP contribution is -2.36. The van der Waals surface area contributed by atoms with E-state index in [1.165, 1.54) is 40.6 Å². The fourth-order valence-electron chi connectivity index (χ4n) is 5.37. The van der Waals surface area contributed by atoms with Crippen LogP contribution in [0.25, 0.3) is 0 Å². The second kappa shape index (κ2) is 8.99. The van der Waals surface area contributed by atoms with E-state index >= 15 is 0 Å². The van der Waals surface area contributed by atoms with Crippen LogP contribution in [0.3, 0.4) is 0 Å². The van der Waals surface area contributed by atoms with Gasteiger partial charge in [-0.25, -0.2) is 4.79 Å². The van der Waals surface area contributed by atoms with Gasteiger partial charge in [0.2, 0.25) is 5.91 Å². The lowest BCUT2D eigenvalue weighted by Gasteiger charge is -2.23. The molecule has 33 heavy (non-hydrogen) atoms. The quantitative estimate of drug-likeness (QED) is 0.686. The minimum atomic E-state index is -0.125. The van der Waals surface area contributed by atoms with E-state index < -0.39 is 0 Å². The van der Waals surface area contributed by atoms with Crippen molar-refractivity contribution < 1.29 is 9.59 Å². The fourth-order valence-corrected chi connectivity index (χ4v) is 5.61. The molecule has 2 amide bonds. The van der Waals surface area contributed by atoms with Gasteiger partial charge in [0.05, 0.1) is 18.1 Å². The van der Waals surface area contributed by atoms with Crippen molar-refractivity contribution in [3.63, 3.8) is 0 Å². The molecule has 2 aromatic rings. The molecular formula is C24H31ClN6O2. The largest absolute Gasteiger partial charge is 0.371 e. The summed E-state index contributed by atoms with van der Waals surface area (Å²) in [7, 11) is 1.68. The maximum Gasteiger partial charge on any atom is 0.344 e. The van der Waals surface area contributed by atoms with Crippen LogP contribution in [-0.2, 0) is 11.3 Å². The molecule has 8 nitrogen and oxygen atoms in total. The standard InChI is InChI=1S/C24H31ClN6O2/c1-17(32)27(2)22-10-26-31(16-22)24(33)30-14-19-12-28(13-20(19)15-30)11-18-5-6-21(9-23(18)25)29-7-3-4-8-29/h5-6,9-10,16,19-20H,3-4,7-8,11-15H2,1-2H3. The van der Waals surface area contributed by atoms with Gasteiger partial charge in [0, 0.05) is 70.5 Å². The number of hydrogen-bond donors (Lipinski definition) is 0. The number of carbonyl (C=O) groups is 2. The highest BCUT2D eigenvalue weighted by Gasteiger charge is 2.42. The number of carbonyl (C=O) groups excluding carboxylic acids is 2. The zero-order chi connectivity index (χ0) is 23.1. The maximum absolute atomic E-state index is 12.9. The Morgan fingerprint density at radius 1 is 1.12 bits per heavy atom. The molecule has 2 atom stereocenters. The molecule has 0 N–H and O–H groups in total. The third-order valence-electron chi connectivity index (χ3n) is 7.36. The topological polar surface area (TPSA) is 64.9 Å². The molecule has 1 aromatic heterocycles. The number of nitrogens with zero attached hydrogens (tertiary/aromatic N) is 6. The average Bonchev–Trinajstić information content (AvgIpc) is 3.57. The highest BCUT2D eigenvalue weighted by molar-refractivity contribution is 6.31. The van der Waals surface area contributed by atoms with E-state index in [0.717, 1.165) is 50.8 Å². The zero-order valence-corrected chi connectivity index (χ0v) is 20.0. The van der Waals surface area contributed by atoms with Crippen molar-refractivity contribution in [2.75, 3.05) is 56.1 Å². The number of rotatable bonds is 4. The van der Waals surface area contributed by atoms with Crippen LogP contribution in [0.5, 0.6) is 0 Å². The van der Waals surface area contributed by atoms with Gasteiger partial charge in [0.15, 0.2) is 0 Å². The first-order chi connectivity index (χ1) is 15.9. The van der Waals surface area contributed by atoms with Crippen LogP contribution in [-0.4, -0.2) is 77.8 Å². The Morgan fingerprint density at radius 3 is 2.45 bits per heavy atom. The molecule has 0 saturated carbocycles. The molecule has 0 aliphatic carbocycles. The van der Waals surface area contributed by atoms with Crippen molar-refractivity contribution in [2.24, 2.45) is 11.8 Å². The van der Waals surface area contributed by atoms with Gasteiger partial charge in [0.1, 0.15) is 0 Å². The second-order valence-electron chi connectivity index (χ2n) is 9.59. The fraction of sp³-hybridized carbons (Fsp3) is 0.542. The lowest BCUT2D eigenvalue weighted by molar-refractivity contribution is -0.116. The Balaban J connectivity index is 1.16. The van der Waals surface area contributed by atoms with E-state index in [1.807, 2.05) is 4.90 Å². The summed E-state index contributed by atoms with van der Waals surface area (Å²) >= 11 is 6.64. The molecule has 3 aliphatic heterocycles. The minimum absolute atomic E-state index is 0.0939. The van der Waals surface area contributed by atoms with Crippen LogP contribution < -0.4 is 9.80 Å². The molecule has 4 heterocycles. The highest BCUT2D eigenvalue weighted by Crippen LogP contribution is 2.34. The summed E-state index contributed by atoms with van der Waals surface area (Å²) in [4.78, 5) is 32.7. The molecule has 176 valence electrons. The third kappa shape index (κ3) is 4.46. The molecule has 2 unspecified atom stereocenters. The first-order valence-electron chi connectivity index (χ1n) is 11.7. The van der Waals surface area contributed by atoms with E-state index in [4.69, 9.17) is 11.6 Å². The number of anilines is 2. The maximum atomic E-state index is 12.9. The molecule has 9 heteroatoms. The van der Waals surface area contributed by atoms with Crippen molar-refractivity contribution in [1.29, 1.82) is 0 Å². The molecule has 0 bridgehead atoms. The number of benzene rings is 1. The first kappa shape index (κ1) is 22.2. The summed E-state index contributed by atoms with van der Waals surface area (Å²) in [5.74, 6) is 0.835. The smallest absolute Gasteiger partial charge is 0.344 e. The summed E-state index contributed by atoms with van der Waals surface area (Å²) in [5, 5.41) is 5.02. The van der Waals surface area contributed by atoms with Gasteiger partial charge < -0.3 is 14.7 Å². The Kier molecular flexibility index (Phi) is 6.05. The summed E-state index contributed by atoms with van der Waals surface area (Å²) in [6.45, 7) is 7.98. The zero-order valence-electron chi connectivity index (χ0n) is 19.3. The van der Waals surface area contributed by atoms with Crippen LogP contribution in [0.2, 0.25) is 5.02 Å². The lowest BCUT2D eigenvalue weighted by atomic mass is 10.0. The van der Waals surface area contributed by atoms with Gasteiger partial charge in [-0.3, -0.25) is 9.69 Å². The van der Waals surface area contributed by atoms with E-state index in [1.54, 1.807) is 19.4 Å². The summed E-state index contributed by atoms with van der Waals surface area (Å²) in [5.41, 5.74) is 3.02. The van der Waals surface area contributed by atoms with Crippen molar-refractivity contribution in [3.8, 4) is 0 Å². The number of likely N-dealkylation sites (tertiary alicyclic amines) is 2. The van der Waals surface area contributed by atoms with E-state index in [9.17, 15) is 9.59 Å². The Bertz CT molecular complexity index is 1040. The van der Waals surface area contributed by atoms with Crippen LogP contribution in [0, 0.1) is 11.8 Å². The van der Waals surface area contributed by atoms with E-state index in [2.05, 4.69) is 33.1 Å². The van der Waals surface area contributed by atoms with Gasteiger partial charge in [0.25, 0.3) is 0 Å². The predicted molar refractivity (Wildman–Crippen MR) is 129 cm³/mol. The van der Waals surface area contributed by atoms with Gasteiger partial charge in [-0.1, -0.05) is 17.7 Å². The molecule has 1 aromatic carbocycles. The van der Waals surface area contributed by atoms with Crippen molar-refractivity contribution >= 4 is 34.9 Å². The third-order valence-corrected chi connectivity index (χ3v) is 7.71. The Labute approximate surface area is 199 Å². The molecule has 3 saturated heterocycles. The van der Waals surface area contributed by atoms with Crippen LogP contribution >= 0.6 is 11.6 Å². The van der Waals surface area contributed by atoms with Gasteiger partial charge in [-0.05, 0) is 42.4 Å². The minimum Gasteiger partial charge on any atom is -0.371 e. The van der Waals surface area contributed by atoms with Crippen molar-refractivity contribution in [3.05, 3.63) is 41.2 Å². The van der Waals surface area contributed by atoms with Crippen LogP contribution in [0.4, 0.5) is 16.2 Å². The second-order valence-corrected chi connectivity index (χ2v) is 10.0.